The second-order valence-electron chi connectivity index (χ2n) is 5.86. The average molecular weight is 265 g/mol. The maximum atomic E-state index is 4.04. The first-order valence-electron chi connectivity index (χ1n) is 7.27. The third kappa shape index (κ3) is 4.30. The van der Waals surface area contributed by atoms with E-state index >= 15 is 0 Å². The van der Waals surface area contributed by atoms with Crippen LogP contribution in [0, 0.1) is 5.92 Å². The Labute approximate surface area is 116 Å². The van der Waals surface area contributed by atoms with E-state index in [0.29, 0.717) is 12.0 Å². The quantitative estimate of drug-likeness (QED) is 0.798. The molecule has 19 heavy (non-hydrogen) atoms. The maximum absolute atomic E-state index is 4.04. The lowest BCUT2D eigenvalue weighted by Gasteiger charge is -2.40. The molecule has 1 unspecified atom stereocenters. The summed E-state index contributed by atoms with van der Waals surface area (Å²) in [6, 6.07) is 0.622. The lowest BCUT2D eigenvalue weighted by atomic mass is 10.0. The Bertz CT molecular complexity index is 341. The molecule has 0 spiro atoms. The zero-order valence-electron chi connectivity index (χ0n) is 12.4. The van der Waals surface area contributed by atoms with Gasteiger partial charge in [-0.2, -0.15) is 0 Å². The smallest absolute Gasteiger partial charge is 0.0922 e. The van der Waals surface area contributed by atoms with Crippen LogP contribution >= 0.6 is 0 Å². The van der Waals surface area contributed by atoms with Crippen molar-refractivity contribution in [2.24, 2.45) is 5.92 Å². The van der Waals surface area contributed by atoms with Crippen molar-refractivity contribution >= 4 is 0 Å². The lowest BCUT2D eigenvalue weighted by Crippen LogP contribution is -2.53. The van der Waals surface area contributed by atoms with E-state index in [1.807, 2.05) is 6.20 Å². The van der Waals surface area contributed by atoms with E-state index in [4.69, 9.17) is 0 Å². The van der Waals surface area contributed by atoms with Gasteiger partial charge in [-0.25, -0.2) is 4.98 Å². The number of piperazine rings is 1. The minimum absolute atomic E-state index is 0.622. The van der Waals surface area contributed by atoms with Crippen LogP contribution in [0.1, 0.15) is 19.5 Å². The second-order valence-corrected chi connectivity index (χ2v) is 5.86. The number of H-pyrrole nitrogens is 1. The van der Waals surface area contributed by atoms with E-state index in [0.717, 1.165) is 18.8 Å². The van der Waals surface area contributed by atoms with Gasteiger partial charge in [-0.1, -0.05) is 13.8 Å². The Hall–Kier alpha value is -0.910. The molecule has 5 heteroatoms. The van der Waals surface area contributed by atoms with Gasteiger partial charge in [-0.3, -0.25) is 4.90 Å². The predicted octanol–water partition coefficient (Wildman–Crippen LogP) is 0.771. The standard InChI is InChI=1S/C14H27N5/c1-12(2)14(19-6-4-18(3)5-7-19)10-15-8-13-9-16-11-17-13/h9,11-12,14-15H,4-8,10H2,1-3H3,(H,16,17). The molecule has 1 fully saturated rings. The van der Waals surface area contributed by atoms with Crippen molar-refractivity contribution in [1.82, 2.24) is 25.1 Å². The lowest BCUT2D eigenvalue weighted by molar-refractivity contribution is 0.0875. The summed E-state index contributed by atoms with van der Waals surface area (Å²) in [4.78, 5) is 12.2. The zero-order chi connectivity index (χ0) is 13.7. The molecule has 0 aliphatic carbocycles. The topological polar surface area (TPSA) is 47.2 Å². The van der Waals surface area contributed by atoms with Crippen molar-refractivity contribution in [2.75, 3.05) is 39.8 Å². The molecule has 0 aromatic carbocycles. The highest BCUT2D eigenvalue weighted by atomic mass is 15.3. The number of imidazole rings is 1. The number of rotatable bonds is 6. The van der Waals surface area contributed by atoms with Gasteiger partial charge in [0.1, 0.15) is 0 Å². The van der Waals surface area contributed by atoms with Gasteiger partial charge in [0, 0.05) is 57.2 Å². The highest BCUT2D eigenvalue weighted by molar-refractivity contribution is 4.93. The Morgan fingerprint density at radius 2 is 2.05 bits per heavy atom. The Kier molecular flexibility index (Phi) is 5.36. The maximum Gasteiger partial charge on any atom is 0.0922 e. The van der Waals surface area contributed by atoms with Crippen LogP contribution < -0.4 is 5.32 Å². The SMILES string of the molecule is CC(C)C(CNCc1cnc[nH]1)N1CCN(C)CC1. The largest absolute Gasteiger partial charge is 0.347 e. The van der Waals surface area contributed by atoms with Gasteiger partial charge < -0.3 is 15.2 Å². The number of hydrogen-bond donors (Lipinski definition) is 2. The van der Waals surface area contributed by atoms with Crippen LogP contribution in [-0.4, -0.2) is 65.6 Å². The summed E-state index contributed by atoms with van der Waals surface area (Å²) < 4.78 is 0. The van der Waals surface area contributed by atoms with E-state index in [1.54, 1.807) is 6.33 Å². The molecule has 108 valence electrons. The van der Waals surface area contributed by atoms with E-state index in [2.05, 4.69) is 46.0 Å². The molecule has 1 saturated heterocycles. The van der Waals surface area contributed by atoms with E-state index in [-0.39, 0.29) is 0 Å². The molecule has 0 amide bonds. The van der Waals surface area contributed by atoms with Crippen LogP contribution in [-0.2, 0) is 6.54 Å². The number of likely N-dealkylation sites (N-methyl/N-ethyl adjacent to an activating group) is 1. The minimum atomic E-state index is 0.622. The van der Waals surface area contributed by atoms with Crippen LogP contribution in [0.4, 0.5) is 0 Å². The van der Waals surface area contributed by atoms with Crippen molar-refractivity contribution in [3.8, 4) is 0 Å². The molecule has 1 aromatic rings. The number of aromatic nitrogens is 2. The van der Waals surface area contributed by atoms with Gasteiger partial charge in [-0.05, 0) is 13.0 Å². The summed E-state index contributed by atoms with van der Waals surface area (Å²) in [7, 11) is 2.21. The average Bonchev–Trinajstić information content (AvgIpc) is 2.89. The molecule has 0 radical (unpaired) electrons. The van der Waals surface area contributed by atoms with Crippen molar-refractivity contribution in [3.05, 3.63) is 18.2 Å². The van der Waals surface area contributed by atoms with Crippen molar-refractivity contribution in [1.29, 1.82) is 0 Å². The molecule has 1 aromatic heterocycles. The van der Waals surface area contributed by atoms with Gasteiger partial charge in [0.15, 0.2) is 0 Å². The normalized spacial score (nSPS) is 20.0. The summed E-state index contributed by atoms with van der Waals surface area (Å²) in [5, 5.41) is 3.55. The molecule has 0 bridgehead atoms. The Morgan fingerprint density at radius 1 is 1.32 bits per heavy atom. The molecular formula is C14H27N5. The molecule has 1 aliphatic rings. The van der Waals surface area contributed by atoms with E-state index < -0.39 is 0 Å². The highest BCUT2D eigenvalue weighted by Crippen LogP contribution is 2.12. The van der Waals surface area contributed by atoms with Crippen LogP contribution in [0.15, 0.2) is 12.5 Å². The van der Waals surface area contributed by atoms with E-state index in [9.17, 15) is 0 Å². The molecule has 0 saturated carbocycles. The fraction of sp³-hybridized carbons (Fsp3) is 0.786. The van der Waals surface area contributed by atoms with Crippen molar-refractivity contribution in [2.45, 2.75) is 26.4 Å². The first kappa shape index (κ1) is 14.5. The first-order valence-corrected chi connectivity index (χ1v) is 7.27. The van der Waals surface area contributed by atoms with Crippen LogP contribution in [0.2, 0.25) is 0 Å². The summed E-state index contributed by atoms with van der Waals surface area (Å²) in [6.07, 6.45) is 3.62. The molecule has 1 aliphatic heterocycles. The summed E-state index contributed by atoms with van der Waals surface area (Å²) in [5.41, 5.74) is 1.15. The van der Waals surface area contributed by atoms with Gasteiger partial charge in [-0.15, -0.1) is 0 Å². The van der Waals surface area contributed by atoms with Crippen LogP contribution in [0.3, 0.4) is 0 Å². The molecule has 2 rings (SSSR count). The fourth-order valence-electron chi connectivity index (χ4n) is 2.68. The molecule has 2 heterocycles. The second kappa shape index (κ2) is 7.03. The van der Waals surface area contributed by atoms with Gasteiger partial charge in [0.25, 0.3) is 0 Å². The molecule has 5 nitrogen and oxygen atoms in total. The van der Waals surface area contributed by atoms with E-state index in [1.165, 1.54) is 26.2 Å². The minimum Gasteiger partial charge on any atom is -0.347 e. The molecule has 1 atom stereocenters. The zero-order valence-corrected chi connectivity index (χ0v) is 12.4. The van der Waals surface area contributed by atoms with Crippen molar-refractivity contribution < 1.29 is 0 Å². The Morgan fingerprint density at radius 3 is 2.63 bits per heavy atom. The third-order valence-electron chi connectivity index (χ3n) is 4.00. The number of aromatic amines is 1. The monoisotopic (exact) mass is 265 g/mol. The van der Waals surface area contributed by atoms with Gasteiger partial charge in [0.2, 0.25) is 0 Å². The predicted molar refractivity (Wildman–Crippen MR) is 78.0 cm³/mol. The Balaban J connectivity index is 1.79. The summed E-state index contributed by atoms with van der Waals surface area (Å²) in [5.74, 6) is 0.678. The number of nitrogens with zero attached hydrogens (tertiary/aromatic N) is 3. The van der Waals surface area contributed by atoms with Crippen molar-refractivity contribution in [3.63, 3.8) is 0 Å². The molecule has 2 N–H and O–H groups in total. The van der Waals surface area contributed by atoms with Crippen LogP contribution in [0.25, 0.3) is 0 Å². The number of hydrogen-bond acceptors (Lipinski definition) is 4. The van der Waals surface area contributed by atoms with Crippen LogP contribution in [0.5, 0.6) is 0 Å². The van der Waals surface area contributed by atoms with Gasteiger partial charge in [0.05, 0.1) is 6.33 Å². The molecular weight excluding hydrogens is 238 g/mol. The summed E-state index contributed by atoms with van der Waals surface area (Å²) in [6.45, 7) is 11.3. The summed E-state index contributed by atoms with van der Waals surface area (Å²) >= 11 is 0. The number of nitrogens with one attached hydrogen (secondary N) is 2. The first-order chi connectivity index (χ1) is 9.16. The van der Waals surface area contributed by atoms with Gasteiger partial charge >= 0.3 is 0 Å². The fourth-order valence-corrected chi connectivity index (χ4v) is 2.68. The third-order valence-corrected chi connectivity index (χ3v) is 4.00. The highest BCUT2D eigenvalue weighted by Gasteiger charge is 2.24.